The Hall–Kier alpha value is -1.87. The van der Waals surface area contributed by atoms with Gasteiger partial charge in [-0.3, -0.25) is 4.98 Å². The molecule has 98 valence electrons. The molecule has 3 rings (SSSR count). The Balaban J connectivity index is 1.71. The van der Waals surface area contributed by atoms with E-state index >= 15 is 0 Å². The van der Waals surface area contributed by atoms with Crippen molar-refractivity contribution in [1.29, 1.82) is 0 Å². The van der Waals surface area contributed by atoms with Crippen LogP contribution in [0.1, 0.15) is 35.7 Å². The van der Waals surface area contributed by atoms with Crippen LogP contribution < -0.4 is 11.1 Å². The summed E-state index contributed by atoms with van der Waals surface area (Å²) in [5, 5.41) is 3.60. The molecule has 3 nitrogen and oxygen atoms in total. The second kappa shape index (κ2) is 5.41. The summed E-state index contributed by atoms with van der Waals surface area (Å²) in [4.78, 5) is 4.34. The molecule has 1 aromatic carbocycles. The molecule has 3 heteroatoms. The van der Waals surface area contributed by atoms with Crippen molar-refractivity contribution in [3.8, 4) is 0 Å². The van der Waals surface area contributed by atoms with Crippen LogP contribution in [0.2, 0.25) is 0 Å². The quantitative estimate of drug-likeness (QED) is 0.884. The van der Waals surface area contributed by atoms with Crippen molar-refractivity contribution in [2.24, 2.45) is 0 Å². The van der Waals surface area contributed by atoms with Gasteiger partial charge in [0.25, 0.3) is 0 Å². The minimum atomic E-state index is 0.438. The second-order valence-electron chi connectivity index (χ2n) is 5.11. The van der Waals surface area contributed by atoms with E-state index in [-0.39, 0.29) is 0 Å². The molecule has 2 aromatic rings. The Bertz CT molecular complexity index is 565. The average Bonchev–Trinajstić information content (AvgIpc) is 2.45. The summed E-state index contributed by atoms with van der Waals surface area (Å²) < 4.78 is 0. The van der Waals surface area contributed by atoms with Crippen LogP contribution >= 0.6 is 0 Å². The normalized spacial score (nSPS) is 18.0. The number of aryl methyl sites for hydroxylation is 1. The maximum absolute atomic E-state index is 5.78. The van der Waals surface area contributed by atoms with Gasteiger partial charge < -0.3 is 11.1 Å². The van der Waals surface area contributed by atoms with Crippen LogP contribution in [0.25, 0.3) is 0 Å². The summed E-state index contributed by atoms with van der Waals surface area (Å²) in [6.45, 7) is 0.768. The molecule has 1 aromatic heterocycles. The number of nitrogens with two attached hydrogens (primary N) is 1. The van der Waals surface area contributed by atoms with E-state index < -0.39 is 0 Å². The molecule has 0 spiro atoms. The van der Waals surface area contributed by atoms with Crippen molar-refractivity contribution >= 4 is 5.69 Å². The Kier molecular flexibility index (Phi) is 3.47. The number of hydrogen-bond acceptors (Lipinski definition) is 3. The van der Waals surface area contributed by atoms with Gasteiger partial charge in [-0.2, -0.15) is 0 Å². The van der Waals surface area contributed by atoms with Gasteiger partial charge in [-0.15, -0.1) is 0 Å². The van der Waals surface area contributed by atoms with Crippen LogP contribution in [0, 0.1) is 0 Å². The Morgan fingerprint density at radius 3 is 3.05 bits per heavy atom. The fourth-order valence-corrected chi connectivity index (χ4v) is 2.79. The summed E-state index contributed by atoms with van der Waals surface area (Å²) in [5.41, 5.74) is 10.5. The van der Waals surface area contributed by atoms with Crippen molar-refractivity contribution in [3.05, 3.63) is 59.4 Å². The van der Waals surface area contributed by atoms with Crippen LogP contribution in [-0.4, -0.2) is 4.98 Å². The maximum Gasteiger partial charge on any atom is 0.0562 e. The lowest BCUT2D eigenvalue weighted by atomic mass is 9.88. The van der Waals surface area contributed by atoms with Crippen LogP contribution in [0.15, 0.2) is 42.6 Å². The molecular formula is C16H19N3. The number of benzene rings is 1. The molecule has 0 saturated carbocycles. The molecule has 0 saturated heterocycles. The molecule has 1 aliphatic carbocycles. The van der Waals surface area contributed by atoms with E-state index in [1.165, 1.54) is 30.4 Å². The first-order valence-electron chi connectivity index (χ1n) is 6.84. The number of nitrogen functional groups attached to an aromatic ring is 1. The highest BCUT2D eigenvalue weighted by Crippen LogP contribution is 2.29. The maximum atomic E-state index is 5.78. The highest BCUT2D eigenvalue weighted by atomic mass is 14.9. The van der Waals surface area contributed by atoms with E-state index in [9.17, 15) is 0 Å². The van der Waals surface area contributed by atoms with Crippen LogP contribution in [0.4, 0.5) is 5.69 Å². The van der Waals surface area contributed by atoms with Gasteiger partial charge in [-0.25, -0.2) is 0 Å². The molecule has 19 heavy (non-hydrogen) atoms. The average molecular weight is 253 g/mol. The van der Waals surface area contributed by atoms with Crippen LogP contribution in [0.5, 0.6) is 0 Å². The topological polar surface area (TPSA) is 50.9 Å². The van der Waals surface area contributed by atoms with Crippen molar-refractivity contribution in [3.63, 3.8) is 0 Å². The highest BCUT2D eigenvalue weighted by molar-refractivity contribution is 5.37. The van der Waals surface area contributed by atoms with Gasteiger partial charge in [-0.05, 0) is 42.5 Å². The zero-order valence-electron chi connectivity index (χ0n) is 11.0. The standard InChI is InChI=1S/C16H19N3/c17-13-8-9-18-14(10-13)11-19-16-7-3-5-12-4-1-2-6-15(12)16/h1-2,4,6,8-10,16,19H,3,5,7,11H2,(H2,17,18). The Labute approximate surface area is 113 Å². The largest absolute Gasteiger partial charge is 0.399 e. The summed E-state index contributed by atoms with van der Waals surface area (Å²) in [7, 11) is 0. The van der Waals surface area contributed by atoms with E-state index in [4.69, 9.17) is 5.73 Å². The van der Waals surface area contributed by atoms with Gasteiger partial charge >= 0.3 is 0 Å². The predicted molar refractivity (Wildman–Crippen MR) is 77.6 cm³/mol. The minimum Gasteiger partial charge on any atom is -0.399 e. The number of aromatic nitrogens is 1. The lowest BCUT2D eigenvalue weighted by molar-refractivity contribution is 0.456. The third-order valence-electron chi connectivity index (χ3n) is 3.74. The molecular weight excluding hydrogens is 234 g/mol. The molecule has 3 N–H and O–H groups in total. The SMILES string of the molecule is Nc1ccnc(CNC2CCCc3ccccc32)c1. The molecule has 1 unspecified atom stereocenters. The molecule has 0 aliphatic heterocycles. The van der Waals surface area contributed by atoms with E-state index in [2.05, 4.69) is 34.6 Å². The van der Waals surface area contributed by atoms with Gasteiger partial charge in [-0.1, -0.05) is 24.3 Å². The van der Waals surface area contributed by atoms with Crippen molar-refractivity contribution in [1.82, 2.24) is 10.3 Å². The number of hydrogen-bond donors (Lipinski definition) is 2. The zero-order chi connectivity index (χ0) is 13.1. The number of pyridine rings is 1. The van der Waals surface area contributed by atoms with Crippen LogP contribution in [0.3, 0.4) is 0 Å². The first-order valence-corrected chi connectivity index (χ1v) is 6.84. The molecule has 0 amide bonds. The summed E-state index contributed by atoms with van der Waals surface area (Å²) in [6.07, 6.45) is 5.41. The van der Waals surface area contributed by atoms with Gasteiger partial charge in [0, 0.05) is 24.5 Å². The smallest absolute Gasteiger partial charge is 0.0562 e. The number of nitrogens with one attached hydrogen (secondary N) is 1. The second-order valence-corrected chi connectivity index (χ2v) is 5.11. The summed E-state index contributed by atoms with van der Waals surface area (Å²) >= 11 is 0. The zero-order valence-corrected chi connectivity index (χ0v) is 11.0. The molecule has 0 fully saturated rings. The fourth-order valence-electron chi connectivity index (χ4n) is 2.79. The first kappa shape index (κ1) is 12.2. The van der Waals surface area contributed by atoms with E-state index in [1.807, 2.05) is 12.1 Å². The van der Waals surface area contributed by atoms with E-state index in [1.54, 1.807) is 6.20 Å². The number of anilines is 1. The van der Waals surface area contributed by atoms with Crippen molar-refractivity contribution in [2.45, 2.75) is 31.8 Å². The van der Waals surface area contributed by atoms with Gasteiger partial charge in [0.2, 0.25) is 0 Å². The van der Waals surface area contributed by atoms with Crippen LogP contribution in [-0.2, 0) is 13.0 Å². The molecule has 1 heterocycles. The molecule has 1 aliphatic rings. The van der Waals surface area contributed by atoms with E-state index in [0.29, 0.717) is 6.04 Å². The molecule has 1 atom stereocenters. The number of rotatable bonds is 3. The summed E-state index contributed by atoms with van der Waals surface area (Å²) in [6, 6.07) is 12.9. The Morgan fingerprint density at radius 1 is 1.26 bits per heavy atom. The first-order chi connectivity index (χ1) is 9.33. The number of nitrogens with zero attached hydrogens (tertiary/aromatic N) is 1. The van der Waals surface area contributed by atoms with Gasteiger partial charge in [0.05, 0.1) is 5.69 Å². The Morgan fingerprint density at radius 2 is 2.16 bits per heavy atom. The third kappa shape index (κ3) is 2.76. The van der Waals surface area contributed by atoms with E-state index in [0.717, 1.165) is 17.9 Å². The molecule has 0 bridgehead atoms. The van der Waals surface area contributed by atoms with Gasteiger partial charge in [0.1, 0.15) is 0 Å². The van der Waals surface area contributed by atoms with Crippen molar-refractivity contribution < 1.29 is 0 Å². The third-order valence-corrected chi connectivity index (χ3v) is 3.74. The fraction of sp³-hybridized carbons (Fsp3) is 0.312. The lowest BCUT2D eigenvalue weighted by Crippen LogP contribution is -2.25. The predicted octanol–water partition coefficient (Wildman–Crippen LogP) is 2.83. The number of fused-ring (bicyclic) bond motifs is 1. The van der Waals surface area contributed by atoms with Gasteiger partial charge in [0.15, 0.2) is 0 Å². The minimum absolute atomic E-state index is 0.438. The monoisotopic (exact) mass is 253 g/mol. The molecule has 0 radical (unpaired) electrons. The summed E-state index contributed by atoms with van der Waals surface area (Å²) in [5.74, 6) is 0. The van der Waals surface area contributed by atoms with Crippen molar-refractivity contribution in [2.75, 3.05) is 5.73 Å². The highest BCUT2D eigenvalue weighted by Gasteiger charge is 2.18. The lowest BCUT2D eigenvalue weighted by Gasteiger charge is -2.26.